The normalized spacial score (nSPS) is 15.4. The van der Waals surface area contributed by atoms with E-state index in [1.165, 1.54) is 17.8 Å². The Balaban J connectivity index is 2.72. The number of fused-ring (bicyclic) bond motifs is 1. The molecule has 2 rings (SSSR count). The molecule has 0 saturated carbocycles. The molecule has 2 nitrogen and oxygen atoms in total. The molecule has 1 aromatic rings. The molecule has 0 bridgehead atoms. The number of hydrogen-bond donors (Lipinski definition) is 1. The maximum absolute atomic E-state index is 13.3. The van der Waals surface area contributed by atoms with E-state index in [1.807, 2.05) is 0 Å². The zero-order valence-corrected chi connectivity index (χ0v) is 8.58. The van der Waals surface area contributed by atoms with Crippen molar-refractivity contribution in [2.45, 2.75) is 18.2 Å². The molecule has 0 saturated heterocycles. The summed E-state index contributed by atoms with van der Waals surface area (Å²) in [5.74, 6) is 0.415. The van der Waals surface area contributed by atoms with E-state index in [1.54, 1.807) is 6.92 Å². The average Bonchev–Trinajstić information content (AvgIpc) is 2.14. The van der Waals surface area contributed by atoms with Gasteiger partial charge < -0.3 is 5.73 Å². The van der Waals surface area contributed by atoms with Gasteiger partial charge in [-0.05, 0) is 18.6 Å². The van der Waals surface area contributed by atoms with Crippen molar-refractivity contribution in [3.8, 4) is 0 Å². The molecule has 0 radical (unpaired) electrons. The number of anilines is 1. The first kappa shape index (κ1) is 9.52. The molecule has 0 spiro atoms. The number of nitrogens with two attached hydrogens (primary N) is 1. The number of thioether (sulfide) groups is 1. The van der Waals surface area contributed by atoms with Crippen LogP contribution in [0.4, 0.5) is 10.1 Å². The summed E-state index contributed by atoms with van der Waals surface area (Å²) in [7, 11) is 0. The van der Waals surface area contributed by atoms with Gasteiger partial charge in [-0.1, -0.05) is 0 Å². The lowest BCUT2D eigenvalue weighted by atomic mass is 10.0. The Labute approximate surface area is 85.7 Å². The zero-order chi connectivity index (χ0) is 10.3. The first-order chi connectivity index (χ1) is 6.61. The number of ketones is 1. The first-order valence-electron chi connectivity index (χ1n) is 4.36. The molecule has 0 amide bonds. The van der Waals surface area contributed by atoms with Crippen LogP contribution in [0, 0.1) is 12.7 Å². The largest absolute Gasteiger partial charge is 0.398 e. The average molecular weight is 211 g/mol. The van der Waals surface area contributed by atoms with Crippen molar-refractivity contribution in [1.82, 2.24) is 0 Å². The molecule has 0 aromatic heterocycles. The third-order valence-electron chi connectivity index (χ3n) is 2.35. The van der Waals surface area contributed by atoms with E-state index in [9.17, 15) is 9.18 Å². The highest BCUT2D eigenvalue weighted by Crippen LogP contribution is 2.37. The van der Waals surface area contributed by atoms with Crippen LogP contribution in [0.2, 0.25) is 0 Å². The summed E-state index contributed by atoms with van der Waals surface area (Å²) in [5.41, 5.74) is 6.94. The standard InChI is InChI=1S/C10H10FNOS/c1-5-6(11)4-7(12)9-8(13)2-3-14-10(5)9/h4H,2-3,12H2,1H3. The zero-order valence-electron chi connectivity index (χ0n) is 7.76. The molecule has 2 N–H and O–H groups in total. The Kier molecular flexibility index (Phi) is 2.23. The van der Waals surface area contributed by atoms with Gasteiger partial charge in [0, 0.05) is 22.8 Å². The molecule has 0 atom stereocenters. The van der Waals surface area contributed by atoms with Crippen molar-refractivity contribution >= 4 is 23.2 Å². The number of hydrogen-bond acceptors (Lipinski definition) is 3. The van der Waals surface area contributed by atoms with Crippen molar-refractivity contribution in [2.24, 2.45) is 0 Å². The number of carbonyl (C=O) groups is 1. The molecule has 0 fully saturated rings. The Morgan fingerprint density at radius 3 is 3.00 bits per heavy atom. The van der Waals surface area contributed by atoms with Crippen LogP contribution in [-0.2, 0) is 0 Å². The lowest BCUT2D eigenvalue weighted by Gasteiger charge is -2.18. The minimum absolute atomic E-state index is 0.0272. The highest BCUT2D eigenvalue weighted by molar-refractivity contribution is 7.99. The van der Waals surface area contributed by atoms with Crippen molar-refractivity contribution < 1.29 is 9.18 Å². The number of halogens is 1. The van der Waals surface area contributed by atoms with Crippen molar-refractivity contribution in [2.75, 3.05) is 11.5 Å². The van der Waals surface area contributed by atoms with Gasteiger partial charge in [-0.2, -0.15) is 0 Å². The number of rotatable bonds is 0. The molecular weight excluding hydrogens is 201 g/mol. The van der Waals surface area contributed by atoms with Gasteiger partial charge in [0.15, 0.2) is 5.78 Å². The lowest BCUT2D eigenvalue weighted by molar-refractivity contribution is 0.0985. The van der Waals surface area contributed by atoms with Crippen LogP contribution in [0.25, 0.3) is 0 Å². The Bertz CT molecular complexity index is 417. The van der Waals surface area contributed by atoms with Crippen molar-refractivity contribution in [1.29, 1.82) is 0 Å². The van der Waals surface area contributed by atoms with Gasteiger partial charge in [0.1, 0.15) is 5.82 Å². The first-order valence-corrected chi connectivity index (χ1v) is 5.34. The molecule has 1 aliphatic heterocycles. The van der Waals surface area contributed by atoms with E-state index in [-0.39, 0.29) is 17.3 Å². The SMILES string of the molecule is Cc1c(F)cc(N)c2c1SCCC2=O. The van der Waals surface area contributed by atoms with Crippen LogP contribution < -0.4 is 5.73 Å². The van der Waals surface area contributed by atoms with Crippen molar-refractivity contribution in [3.05, 3.63) is 23.0 Å². The number of carbonyl (C=O) groups excluding carboxylic acids is 1. The Morgan fingerprint density at radius 2 is 2.29 bits per heavy atom. The third-order valence-corrected chi connectivity index (χ3v) is 3.56. The third kappa shape index (κ3) is 1.30. The molecule has 14 heavy (non-hydrogen) atoms. The molecule has 1 aromatic carbocycles. The Hall–Kier alpha value is -1.03. The quantitative estimate of drug-likeness (QED) is 0.670. The van der Waals surface area contributed by atoms with Crippen LogP contribution in [0.1, 0.15) is 22.3 Å². The number of Topliss-reactive ketones (excluding diaryl/α,β-unsaturated/α-hetero) is 1. The van der Waals surface area contributed by atoms with Gasteiger partial charge in [0.25, 0.3) is 0 Å². The van der Waals surface area contributed by atoms with Crippen LogP contribution in [-0.4, -0.2) is 11.5 Å². The second-order valence-corrected chi connectivity index (χ2v) is 4.40. The maximum atomic E-state index is 13.3. The second-order valence-electron chi connectivity index (χ2n) is 3.30. The van der Waals surface area contributed by atoms with Crippen LogP contribution in [0.15, 0.2) is 11.0 Å². The van der Waals surface area contributed by atoms with Gasteiger partial charge in [-0.15, -0.1) is 11.8 Å². The summed E-state index contributed by atoms with van der Waals surface area (Å²) in [5, 5.41) is 0. The summed E-state index contributed by atoms with van der Waals surface area (Å²) >= 11 is 1.51. The van der Waals surface area contributed by atoms with Crippen LogP contribution in [0.5, 0.6) is 0 Å². The predicted molar refractivity (Wildman–Crippen MR) is 55.2 cm³/mol. The van der Waals surface area contributed by atoms with Gasteiger partial charge >= 0.3 is 0 Å². The fourth-order valence-electron chi connectivity index (χ4n) is 1.58. The summed E-state index contributed by atoms with van der Waals surface area (Å²) in [6, 6.07) is 1.23. The maximum Gasteiger partial charge on any atom is 0.166 e. The molecule has 1 heterocycles. The molecule has 4 heteroatoms. The van der Waals surface area contributed by atoms with E-state index in [4.69, 9.17) is 5.73 Å². The molecule has 0 aliphatic carbocycles. The molecule has 0 unspecified atom stereocenters. The molecule has 74 valence electrons. The van der Waals surface area contributed by atoms with Gasteiger partial charge in [0.2, 0.25) is 0 Å². The molecule has 1 aliphatic rings. The topological polar surface area (TPSA) is 43.1 Å². The monoisotopic (exact) mass is 211 g/mol. The minimum Gasteiger partial charge on any atom is -0.398 e. The summed E-state index contributed by atoms with van der Waals surface area (Å²) in [4.78, 5) is 12.3. The summed E-state index contributed by atoms with van der Waals surface area (Å²) in [6.45, 7) is 1.68. The van der Waals surface area contributed by atoms with Crippen molar-refractivity contribution in [3.63, 3.8) is 0 Å². The van der Waals surface area contributed by atoms with E-state index >= 15 is 0 Å². The van der Waals surface area contributed by atoms with E-state index < -0.39 is 0 Å². The predicted octanol–water partition coefficient (Wildman–Crippen LogP) is 2.39. The lowest BCUT2D eigenvalue weighted by Crippen LogP contribution is -2.13. The number of benzene rings is 1. The highest BCUT2D eigenvalue weighted by Gasteiger charge is 2.23. The smallest absolute Gasteiger partial charge is 0.166 e. The van der Waals surface area contributed by atoms with Gasteiger partial charge in [-0.25, -0.2) is 4.39 Å². The highest BCUT2D eigenvalue weighted by atomic mass is 32.2. The summed E-state index contributed by atoms with van der Waals surface area (Å²) < 4.78 is 13.3. The van der Waals surface area contributed by atoms with E-state index in [2.05, 4.69) is 0 Å². The van der Waals surface area contributed by atoms with Gasteiger partial charge in [0.05, 0.1) is 5.56 Å². The fraction of sp³-hybridized carbons (Fsp3) is 0.300. The van der Waals surface area contributed by atoms with Crippen LogP contribution in [0.3, 0.4) is 0 Å². The van der Waals surface area contributed by atoms with E-state index in [0.717, 1.165) is 10.6 Å². The second kappa shape index (κ2) is 3.28. The fourth-order valence-corrected chi connectivity index (χ4v) is 2.76. The van der Waals surface area contributed by atoms with E-state index in [0.29, 0.717) is 17.5 Å². The van der Waals surface area contributed by atoms with Crippen LogP contribution >= 0.6 is 11.8 Å². The summed E-state index contributed by atoms with van der Waals surface area (Å²) in [6.07, 6.45) is 0.493. The Morgan fingerprint density at radius 1 is 1.57 bits per heavy atom. The number of nitrogen functional groups attached to an aromatic ring is 1. The molecular formula is C10H10FNOS. The van der Waals surface area contributed by atoms with Gasteiger partial charge in [-0.3, -0.25) is 4.79 Å². The minimum atomic E-state index is -0.330.